The fourth-order valence-electron chi connectivity index (χ4n) is 4.14. The van der Waals surface area contributed by atoms with Crippen LogP contribution in [0.3, 0.4) is 0 Å². The second-order valence-electron chi connectivity index (χ2n) is 8.83. The van der Waals surface area contributed by atoms with Gasteiger partial charge in [0, 0.05) is 18.9 Å². The lowest BCUT2D eigenvalue weighted by Gasteiger charge is -2.21. The highest BCUT2D eigenvalue weighted by Crippen LogP contribution is 2.25. The Hall–Kier alpha value is -1.11. The number of primary amides is 1. The van der Waals surface area contributed by atoms with Gasteiger partial charge in [-0.15, -0.1) is 0 Å². The fraction of sp³-hybridized carbons (Fsp3) is 0.880. The van der Waals surface area contributed by atoms with Gasteiger partial charge in [0.15, 0.2) is 6.23 Å². The van der Waals surface area contributed by atoms with Crippen LogP contribution in [0.1, 0.15) is 110 Å². The van der Waals surface area contributed by atoms with Gasteiger partial charge in [-0.3, -0.25) is 4.79 Å². The third kappa shape index (κ3) is 13.1. The van der Waals surface area contributed by atoms with Crippen molar-refractivity contribution in [1.82, 2.24) is 5.32 Å². The molecule has 31 heavy (non-hydrogen) atoms. The molecule has 6 heteroatoms. The maximum Gasteiger partial charge on any atom is 0.242 e. The molecule has 1 aliphatic heterocycles. The maximum atomic E-state index is 10.8. The van der Waals surface area contributed by atoms with Crippen LogP contribution in [0.25, 0.3) is 0 Å². The lowest BCUT2D eigenvalue weighted by atomic mass is 10.0. The first-order valence-corrected chi connectivity index (χ1v) is 12.8. The predicted molar refractivity (Wildman–Crippen MR) is 126 cm³/mol. The molecule has 182 valence electrons. The van der Waals surface area contributed by atoms with Crippen molar-refractivity contribution in [3.63, 3.8) is 0 Å². The lowest BCUT2D eigenvalue weighted by molar-refractivity contribution is -0.113. The van der Waals surface area contributed by atoms with Crippen LogP contribution in [0, 0.1) is 0 Å². The monoisotopic (exact) mass is 440 g/mol. The molecule has 0 aromatic heterocycles. The largest absolute Gasteiger partial charge is 0.388 e. The molecule has 1 aliphatic rings. The van der Waals surface area contributed by atoms with Crippen molar-refractivity contribution in [1.29, 1.82) is 0 Å². The topological polar surface area (TPSA) is 93.8 Å². The number of hydrogen-bond acceptors (Lipinski definition) is 5. The average Bonchev–Trinajstić information content (AvgIpc) is 3.05. The minimum atomic E-state index is -0.670. The molecule has 0 spiro atoms. The Labute approximate surface area is 190 Å². The van der Waals surface area contributed by atoms with E-state index in [1.54, 1.807) is 0 Å². The van der Waals surface area contributed by atoms with E-state index in [1.807, 2.05) is 6.92 Å². The summed E-state index contributed by atoms with van der Waals surface area (Å²) in [6.45, 7) is 4.85. The molecule has 0 aliphatic carbocycles. The van der Waals surface area contributed by atoms with Crippen molar-refractivity contribution in [3.05, 3.63) is 12.3 Å². The van der Waals surface area contributed by atoms with Gasteiger partial charge in [0.05, 0.1) is 6.10 Å². The van der Waals surface area contributed by atoms with Crippen molar-refractivity contribution in [3.8, 4) is 0 Å². The summed E-state index contributed by atoms with van der Waals surface area (Å²) in [5.41, 5.74) is 5.10. The van der Waals surface area contributed by atoms with Gasteiger partial charge >= 0.3 is 0 Å². The summed E-state index contributed by atoms with van der Waals surface area (Å²) in [4.78, 5) is 10.8. The maximum absolute atomic E-state index is 10.8. The molecule has 2 unspecified atom stereocenters. The number of amides is 1. The van der Waals surface area contributed by atoms with Crippen LogP contribution in [0.5, 0.6) is 0 Å². The first kappa shape index (κ1) is 27.9. The van der Waals surface area contributed by atoms with E-state index in [4.69, 9.17) is 15.2 Å². The first-order valence-electron chi connectivity index (χ1n) is 12.8. The number of unbranched alkanes of at least 4 members (excludes halogenated alkanes) is 13. The summed E-state index contributed by atoms with van der Waals surface area (Å²) in [5.74, 6) is -0.530. The van der Waals surface area contributed by atoms with Crippen LogP contribution in [0.4, 0.5) is 0 Å². The van der Waals surface area contributed by atoms with Crippen LogP contribution < -0.4 is 11.1 Å². The van der Waals surface area contributed by atoms with Crippen molar-refractivity contribution in [2.24, 2.45) is 5.73 Å². The van der Waals surface area contributed by atoms with Gasteiger partial charge in [0.2, 0.25) is 5.91 Å². The third-order valence-electron chi connectivity index (χ3n) is 6.06. The third-order valence-corrected chi connectivity index (χ3v) is 6.06. The Morgan fingerprint density at radius 1 is 0.935 bits per heavy atom. The van der Waals surface area contributed by atoms with E-state index in [-0.39, 0.29) is 6.10 Å². The zero-order valence-electron chi connectivity index (χ0n) is 20.0. The zero-order chi connectivity index (χ0) is 22.7. The second kappa shape index (κ2) is 18.5. The van der Waals surface area contributed by atoms with Crippen molar-refractivity contribution in [2.45, 2.75) is 135 Å². The molecule has 1 amide bonds. The van der Waals surface area contributed by atoms with Crippen LogP contribution in [0.2, 0.25) is 0 Å². The quantitative estimate of drug-likeness (QED) is 0.184. The van der Waals surface area contributed by atoms with Gasteiger partial charge in [0.25, 0.3) is 0 Å². The lowest BCUT2D eigenvalue weighted by Crippen LogP contribution is -2.41. The van der Waals surface area contributed by atoms with Crippen LogP contribution in [-0.4, -0.2) is 42.2 Å². The SMILES string of the molecule is CCCCCCCCCCCCCCCCOC1C(O)[C@@H](CC)O[C@H]1N/C=C\C(N)=O. The van der Waals surface area contributed by atoms with Gasteiger partial charge in [-0.1, -0.05) is 97.3 Å². The summed E-state index contributed by atoms with van der Waals surface area (Å²) in [6.07, 6.45) is 20.1. The van der Waals surface area contributed by atoms with E-state index in [0.717, 1.165) is 12.8 Å². The van der Waals surface area contributed by atoms with E-state index < -0.39 is 24.3 Å². The molecule has 1 rings (SSSR count). The molecule has 4 N–H and O–H groups in total. The van der Waals surface area contributed by atoms with Crippen molar-refractivity contribution in [2.75, 3.05) is 6.61 Å². The normalized spacial score (nSPS) is 23.6. The molecule has 1 heterocycles. The molecule has 0 aromatic rings. The molecular weight excluding hydrogens is 392 g/mol. The van der Waals surface area contributed by atoms with E-state index in [1.165, 1.54) is 89.3 Å². The van der Waals surface area contributed by atoms with E-state index in [0.29, 0.717) is 13.0 Å². The fourth-order valence-corrected chi connectivity index (χ4v) is 4.14. The predicted octanol–water partition coefficient (Wildman–Crippen LogP) is 4.94. The molecule has 0 bridgehead atoms. The Morgan fingerprint density at radius 3 is 1.94 bits per heavy atom. The number of nitrogens with two attached hydrogens (primary N) is 1. The highest BCUT2D eigenvalue weighted by molar-refractivity contribution is 5.85. The van der Waals surface area contributed by atoms with Crippen LogP contribution in [0.15, 0.2) is 12.3 Å². The molecule has 1 saturated heterocycles. The summed E-state index contributed by atoms with van der Waals surface area (Å²) < 4.78 is 11.7. The van der Waals surface area contributed by atoms with E-state index in [9.17, 15) is 9.90 Å². The number of carbonyl (C=O) groups excluding carboxylic acids is 1. The Balaban J connectivity index is 2.03. The highest BCUT2D eigenvalue weighted by Gasteiger charge is 2.43. The number of rotatable bonds is 20. The molecule has 0 radical (unpaired) electrons. The highest BCUT2D eigenvalue weighted by atomic mass is 16.6. The number of hydrogen-bond donors (Lipinski definition) is 3. The van der Waals surface area contributed by atoms with Crippen LogP contribution in [-0.2, 0) is 14.3 Å². The minimum Gasteiger partial charge on any atom is -0.388 e. The molecule has 4 atom stereocenters. The summed E-state index contributed by atoms with van der Waals surface area (Å²) in [6, 6.07) is 0. The molecule has 0 saturated carbocycles. The zero-order valence-corrected chi connectivity index (χ0v) is 20.0. The van der Waals surface area contributed by atoms with E-state index in [2.05, 4.69) is 12.2 Å². The summed E-state index contributed by atoms with van der Waals surface area (Å²) in [5, 5.41) is 13.4. The van der Waals surface area contributed by atoms with Crippen LogP contribution >= 0.6 is 0 Å². The van der Waals surface area contributed by atoms with Gasteiger partial charge in [-0.25, -0.2) is 0 Å². The standard InChI is InChI=1S/C25H48N2O4/c1-3-5-6-7-8-9-10-11-12-13-14-15-16-17-20-30-24-23(29)21(4-2)31-25(24)27-19-18-22(26)28/h18-19,21,23-25,27,29H,3-17,20H2,1-2H3,(H2,26,28)/b19-18-/t21-,23?,24?,25-/m1/s1. The van der Waals surface area contributed by atoms with Gasteiger partial charge < -0.3 is 25.6 Å². The average molecular weight is 441 g/mol. The number of aliphatic hydroxyl groups excluding tert-OH is 1. The molecule has 0 aromatic carbocycles. The minimum absolute atomic E-state index is 0.263. The molecule has 1 fully saturated rings. The number of aliphatic hydroxyl groups is 1. The number of nitrogens with one attached hydrogen (secondary N) is 1. The summed E-state index contributed by atoms with van der Waals surface area (Å²) in [7, 11) is 0. The van der Waals surface area contributed by atoms with Crippen molar-refractivity contribution >= 4 is 5.91 Å². The Kier molecular flexibility index (Phi) is 16.6. The second-order valence-corrected chi connectivity index (χ2v) is 8.83. The van der Waals surface area contributed by atoms with Gasteiger partial charge in [0.1, 0.15) is 12.2 Å². The first-order chi connectivity index (χ1) is 15.1. The Bertz CT molecular complexity index is 472. The van der Waals surface area contributed by atoms with Gasteiger partial charge in [-0.2, -0.15) is 0 Å². The van der Waals surface area contributed by atoms with Gasteiger partial charge in [-0.05, 0) is 12.8 Å². The molecule has 6 nitrogen and oxygen atoms in total. The smallest absolute Gasteiger partial charge is 0.242 e. The van der Waals surface area contributed by atoms with Crippen molar-refractivity contribution < 1.29 is 19.4 Å². The number of ether oxygens (including phenoxy) is 2. The van der Waals surface area contributed by atoms with E-state index >= 15 is 0 Å². The Morgan fingerprint density at radius 2 is 1.45 bits per heavy atom. The number of carbonyl (C=O) groups is 1. The summed E-state index contributed by atoms with van der Waals surface area (Å²) >= 11 is 0. The molecular formula is C25H48N2O4.